The molecule has 0 aliphatic carbocycles. The first-order valence-corrected chi connectivity index (χ1v) is 9.31. The number of hydrogen-bond acceptors (Lipinski definition) is 4. The monoisotopic (exact) mass is 464 g/mol. The van der Waals surface area contributed by atoms with E-state index in [1.807, 2.05) is 25.3 Å². The molecule has 4 nitrogen and oxygen atoms in total. The Morgan fingerprint density at radius 2 is 2.17 bits per heavy atom. The van der Waals surface area contributed by atoms with E-state index in [4.69, 9.17) is 0 Å². The van der Waals surface area contributed by atoms with E-state index in [9.17, 15) is 0 Å². The Bertz CT molecular complexity index is 581. The summed E-state index contributed by atoms with van der Waals surface area (Å²) in [5, 5.41) is 12.1. The Kier molecular flexibility index (Phi) is 9.73. The van der Waals surface area contributed by atoms with E-state index in [1.165, 1.54) is 4.88 Å². The summed E-state index contributed by atoms with van der Waals surface area (Å²) >= 11 is 3.53. The van der Waals surface area contributed by atoms with Gasteiger partial charge in [-0.05, 0) is 30.7 Å². The van der Waals surface area contributed by atoms with Gasteiger partial charge in [0, 0.05) is 36.8 Å². The molecule has 2 aromatic rings. The summed E-state index contributed by atoms with van der Waals surface area (Å²) in [4.78, 5) is 10.2. The Labute approximate surface area is 163 Å². The van der Waals surface area contributed by atoms with Crippen LogP contribution in [0.3, 0.4) is 0 Å². The highest BCUT2D eigenvalue weighted by Gasteiger charge is 2.06. The molecule has 128 valence electrons. The van der Waals surface area contributed by atoms with Gasteiger partial charge in [0.05, 0.1) is 10.7 Å². The molecule has 2 rings (SSSR count). The summed E-state index contributed by atoms with van der Waals surface area (Å²) in [6.07, 6.45) is 2.04. The van der Waals surface area contributed by atoms with Crippen molar-refractivity contribution in [1.29, 1.82) is 0 Å². The molecule has 0 radical (unpaired) electrons. The summed E-state index contributed by atoms with van der Waals surface area (Å²) in [6.45, 7) is 6.07. The minimum atomic E-state index is 0. The summed E-state index contributed by atoms with van der Waals surface area (Å²) in [5.74, 6) is 1.45. The second-order valence-corrected chi connectivity index (χ2v) is 7.47. The lowest BCUT2D eigenvalue weighted by molar-refractivity contribution is 0.562. The molecule has 1 atom stereocenters. The van der Waals surface area contributed by atoms with E-state index < -0.39 is 0 Å². The van der Waals surface area contributed by atoms with Crippen molar-refractivity contribution < 1.29 is 0 Å². The molecule has 0 saturated carbocycles. The molecule has 2 aromatic heterocycles. The standard InChI is InChI=1S/C16H24N4S2.HI/c1-12(9-15-5-4-8-21-15)10-19-16(17-3)18-7-6-14-11-22-13(2)20-14;/h4-5,8,11-12H,6-7,9-10H2,1-3H3,(H2,17,18,19);1H. The molecule has 0 amide bonds. The van der Waals surface area contributed by atoms with Gasteiger partial charge in [-0.1, -0.05) is 13.0 Å². The predicted molar refractivity (Wildman–Crippen MR) is 113 cm³/mol. The van der Waals surface area contributed by atoms with Crippen molar-refractivity contribution in [2.45, 2.75) is 26.7 Å². The van der Waals surface area contributed by atoms with Crippen molar-refractivity contribution in [3.63, 3.8) is 0 Å². The van der Waals surface area contributed by atoms with Crippen molar-refractivity contribution in [1.82, 2.24) is 15.6 Å². The smallest absolute Gasteiger partial charge is 0.190 e. The van der Waals surface area contributed by atoms with E-state index >= 15 is 0 Å². The molecule has 0 aliphatic rings. The molecule has 0 saturated heterocycles. The number of halogens is 1. The normalized spacial score (nSPS) is 12.6. The third kappa shape index (κ3) is 7.63. The van der Waals surface area contributed by atoms with E-state index in [0.717, 1.165) is 42.6 Å². The molecule has 23 heavy (non-hydrogen) atoms. The fourth-order valence-electron chi connectivity index (χ4n) is 2.17. The van der Waals surface area contributed by atoms with Crippen LogP contribution in [0.1, 0.15) is 22.5 Å². The van der Waals surface area contributed by atoms with Crippen LogP contribution in [0.5, 0.6) is 0 Å². The van der Waals surface area contributed by atoms with Crippen LogP contribution in [0.25, 0.3) is 0 Å². The van der Waals surface area contributed by atoms with Crippen LogP contribution >= 0.6 is 46.7 Å². The largest absolute Gasteiger partial charge is 0.356 e. The van der Waals surface area contributed by atoms with Crippen LogP contribution in [-0.4, -0.2) is 31.1 Å². The molecular formula is C16H25IN4S2. The third-order valence-electron chi connectivity index (χ3n) is 3.31. The van der Waals surface area contributed by atoms with Gasteiger partial charge < -0.3 is 10.6 Å². The zero-order chi connectivity index (χ0) is 15.8. The number of thiazole rings is 1. The average molecular weight is 464 g/mol. The molecule has 0 bridgehead atoms. The summed E-state index contributed by atoms with van der Waals surface area (Å²) in [6, 6.07) is 4.31. The lowest BCUT2D eigenvalue weighted by Gasteiger charge is -2.15. The maximum Gasteiger partial charge on any atom is 0.190 e. The van der Waals surface area contributed by atoms with Crippen molar-refractivity contribution in [2.24, 2.45) is 10.9 Å². The molecular weight excluding hydrogens is 439 g/mol. The van der Waals surface area contributed by atoms with Crippen molar-refractivity contribution in [3.05, 3.63) is 38.5 Å². The SMILES string of the molecule is CN=C(NCCc1csc(C)n1)NCC(C)Cc1cccs1.I. The molecule has 0 fully saturated rings. The topological polar surface area (TPSA) is 49.3 Å². The molecule has 2 N–H and O–H groups in total. The van der Waals surface area contributed by atoms with E-state index in [1.54, 1.807) is 11.3 Å². The molecule has 1 unspecified atom stereocenters. The molecule has 7 heteroatoms. The lowest BCUT2D eigenvalue weighted by atomic mass is 10.1. The van der Waals surface area contributed by atoms with Crippen LogP contribution in [-0.2, 0) is 12.8 Å². The first kappa shape index (κ1) is 20.4. The first-order chi connectivity index (χ1) is 10.7. The maximum absolute atomic E-state index is 4.47. The van der Waals surface area contributed by atoms with Crippen LogP contribution < -0.4 is 10.6 Å². The van der Waals surface area contributed by atoms with Crippen LogP contribution in [0.15, 0.2) is 27.9 Å². The van der Waals surface area contributed by atoms with Crippen molar-refractivity contribution in [2.75, 3.05) is 20.1 Å². The zero-order valence-electron chi connectivity index (χ0n) is 13.8. The van der Waals surface area contributed by atoms with Gasteiger partial charge in [0.15, 0.2) is 5.96 Å². The number of nitrogens with one attached hydrogen (secondary N) is 2. The Morgan fingerprint density at radius 1 is 1.35 bits per heavy atom. The molecule has 0 aromatic carbocycles. The summed E-state index contributed by atoms with van der Waals surface area (Å²) in [5.41, 5.74) is 1.15. The molecule has 0 aliphatic heterocycles. The van der Waals surface area contributed by atoms with Gasteiger partial charge in [-0.15, -0.1) is 46.7 Å². The second kappa shape index (κ2) is 11.0. The van der Waals surface area contributed by atoms with Gasteiger partial charge in [-0.3, -0.25) is 4.99 Å². The van der Waals surface area contributed by atoms with E-state index in [2.05, 4.69) is 50.4 Å². The molecule has 0 spiro atoms. The van der Waals surface area contributed by atoms with Gasteiger partial charge in [-0.2, -0.15) is 0 Å². The highest BCUT2D eigenvalue weighted by Crippen LogP contribution is 2.13. The minimum absolute atomic E-state index is 0. The Morgan fingerprint density at radius 3 is 2.78 bits per heavy atom. The van der Waals surface area contributed by atoms with Gasteiger partial charge in [0.25, 0.3) is 0 Å². The highest BCUT2D eigenvalue weighted by atomic mass is 127. The number of hydrogen-bond donors (Lipinski definition) is 2. The summed E-state index contributed by atoms with van der Waals surface area (Å²) < 4.78 is 0. The number of rotatable bonds is 7. The average Bonchev–Trinajstić information content (AvgIpc) is 3.14. The number of thiophene rings is 1. The van der Waals surface area contributed by atoms with Gasteiger partial charge in [0.1, 0.15) is 0 Å². The summed E-state index contributed by atoms with van der Waals surface area (Å²) in [7, 11) is 1.81. The van der Waals surface area contributed by atoms with E-state index in [-0.39, 0.29) is 24.0 Å². The number of guanidine groups is 1. The number of nitrogens with zero attached hydrogens (tertiary/aromatic N) is 2. The minimum Gasteiger partial charge on any atom is -0.356 e. The molecule has 2 heterocycles. The van der Waals surface area contributed by atoms with Crippen LogP contribution in [0.4, 0.5) is 0 Å². The Balaban J connectivity index is 0.00000264. The fourth-order valence-corrected chi connectivity index (χ4v) is 3.68. The second-order valence-electron chi connectivity index (χ2n) is 5.38. The number of aromatic nitrogens is 1. The number of aryl methyl sites for hydroxylation is 1. The van der Waals surface area contributed by atoms with Gasteiger partial charge >= 0.3 is 0 Å². The van der Waals surface area contributed by atoms with Crippen molar-refractivity contribution in [3.8, 4) is 0 Å². The fraction of sp³-hybridized carbons (Fsp3) is 0.500. The third-order valence-corrected chi connectivity index (χ3v) is 5.03. The van der Waals surface area contributed by atoms with Crippen LogP contribution in [0.2, 0.25) is 0 Å². The van der Waals surface area contributed by atoms with Crippen LogP contribution in [0, 0.1) is 12.8 Å². The predicted octanol–water partition coefficient (Wildman–Crippen LogP) is 3.72. The van der Waals surface area contributed by atoms with Gasteiger partial charge in [0.2, 0.25) is 0 Å². The number of aliphatic imine (C=N–C) groups is 1. The zero-order valence-corrected chi connectivity index (χ0v) is 17.8. The quantitative estimate of drug-likeness (QED) is 0.373. The lowest BCUT2D eigenvalue weighted by Crippen LogP contribution is -2.40. The maximum atomic E-state index is 4.47. The van der Waals surface area contributed by atoms with E-state index in [0.29, 0.717) is 5.92 Å². The first-order valence-electron chi connectivity index (χ1n) is 7.55. The van der Waals surface area contributed by atoms with Crippen molar-refractivity contribution >= 4 is 52.6 Å². The Hall–Kier alpha value is -0.670. The van der Waals surface area contributed by atoms with Gasteiger partial charge in [-0.25, -0.2) is 4.98 Å². The highest BCUT2D eigenvalue weighted by molar-refractivity contribution is 14.0.